The summed E-state index contributed by atoms with van der Waals surface area (Å²) < 4.78 is 11.4. The van der Waals surface area contributed by atoms with Gasteiger partial charge in [-0.05, 0) is 72.6 Å². The number of methoxy groups -OCH3 is 1. The number of amides is 2. The molecule has 1 saturated heterocycles. The molecule has 1 aliphatic rings. The fourth-order valence-electron chi connectivity index (χ4n) is 3.65. The van der Waals surface area contributed by atoms with Gasteiger partial charge >= 0.3 is 0 Å². The quantitative estimate of drug-likeness (QED) is 0.319. The highest BCUT2D eigenvalue weighted by atomic mass is 32.1. The van der Waals surface area contributed by atoms with Crippen LogP contribution in [0.1, 0.15) is 22.3 Å². The summed E-state index contributed by atoms with van der Waals surface area (Å²) in [6, 6.07) is 20.6. The normalized spacial score (nSPS) is 14.9. The Labute approximate surface area is 203 Å². The Morgan fingerprint density at radius 1 is 0.971 bits per heavy atom. The Morgan fingerprint density at radius 3 is 2.47 bits per heavy atom. The Bertz CT molecular complexity index is 1300. The minimum absolute atomic E-state index is 0.0197. The Balaban J connectivity index is 1.66. The van der Waals surface area contributed by atoms with Gasteiger partial charge in [0, 0.05) is 0 Å². The summed E-state index contributed by atoms with van der Waals surface area (Å²) in [4.78, 5) is 27.4. The van der Waals surface area contributed by atoms with Crippen molar-refractivity contribution >= 4 is 40.9 Å². The van der Waals surface area contributed by atoms with Gasteiger partial charge in [-0.1, -0.05) is 48.5 Å². The molecule has 0 spiro atoms. The summed E-state index contributed by atoms with van der Waals surface area (Å²) >= 11 is 5.33. The first-order chi connectivity index (χ1) is 16.4. The molecule has 3 aromatic rings. The number of hydrogen-bond acceptors (Lipinski definition) is 5. The molecule has 2 amide bonds. The fraction of sp³-hybridized carbons (Fsp3) is 0.148. The molecule has 4 rings (SSSR count). The van der Waals surface area contributed by atoms with Gasteiger partial charge in [-0.3, -0.25) is 19.8 Å². The smallest absolute Gasteiger partial charge is 0.270 e. The van der Waals surface area contributed by atoms with E-state index in [0.717, 1.165) is 16.7 Å². The lowest BCUT2D eigenvalue weighted by molar-refractivity contribution is -0.122. The van der Waals surface area contributed by atoms with Crippen molar-refractivity contribution in [2.45, 2.75) is 20.5 Å². The molecule has 1 fully saturated rings. The zero-order valence-corrected chi connectivity index (χ0v) is 19.9. The van der Waals surface area contributed by atoms with Crippen molar-refractivity contribution in [1.29, 1.82) is 0 Å². The number of ether oxygens (including phenoxy) is 2. The van der Waals surface area contributed by atoms with Gasteiger partial charge in [0.1, 0.15) is 12.2 Å². The Hall–Kier alpha value is -3.97. The van der Waals surface area contributed by atoms with Gasteiger partial charge in [0.05, 0.1) is 12.8 Å². The summed E-state index contributed by atoms with van der Waals surface area (Å²) in [6.07, 6.45) is 1.53. The largest absolute Gasteiger partial charge is 0.493 e. The number of carbonyl (C=O) groups is 2. The number of thiocarbonyl (C=S) groups is 1. The van der Waals surface area contributed by atoms with Crippen LogP contribution in [0.15, 0.2) is 72.3 Å². The van der Waals surface area contributed by atoms with Crippen LogP contribution in [0.2, 0.25) is 0 Å². The molecule has 3 aromatic carbocycles. The van der Waals surface area contributed by atoms with E-state index in [4.69, 9.17) is 21.7 Å². The third-order valence-electron chi connectivity index (χ3n) is 5.65. The molecular formula is C27H24N2O4S. The average molecular weight is 473 g/mol. The molecular weight excluding hydrogens is 448 g/mol. The highest BCUT2D eigenvalue weighted by Gasteiger charge is 2.35. The Kier molecular flexibility index (Phi) is 6.75. The van der Waals surface area contributed by atoms with Crippen molar-refractivity contribution in [1.82, 2.24) is 5.32 Å². The van der Waals surface area contributed by atoms with Gasteiger partial charge in [0.25, 0.3) is 11.8 Å². The Morgan fingerprint density at radius 2 is 1.74 bits per heavy atom. The number of rotatable bonds is 6. The maximum atomic E-state index is 13.4. The van der Waals surface area contributed by atoms with Gasteiger partial charge in [0.2, 0.25) is 0 Å². The van der Waals surface area contributed by atoms with Crippen LogP contribution in [0.4, 0.5) is 5.69 Å². The maximum Gasteiger partial charge on any atom is 0.270 e. The number of nitrogens with zero attached hydrogens (tertiary/aromatic N) is 1. The molecule has 6 nitrogen and oxygen atoms in total. The molecule has 1 aliphatic heterocycles. The average Bonchev–Trinajstić information content (AvgIpc) is 2.83. The molecule has 0 radical (unpaired) electrons. The van der Waals surface area contributed by atoms with E-state index in [2.05, 4.69) is 5.32 Å². The van der Waals surface area contributed by atoms with E-state index >= 15 is 0 Å². The van der Waals surface area contributed by atoms with E-state index in [9.17, 15) is 9.59 Å². The molecule has 172 valence electrons. The van der Waals surface area contributed by atoms with Crippen LogP contribution in [0, 0.1) is 13.8 Å². The highest BCUT2D eigenvalue weighted by Crippen LogP contribution is 2.31. The minimum atomic E-state index is -0.542. The first kappa shape index (κ1) is 23.2. The van der Waals surface area contributed by atoms with Crippen molar-refractivity contribution in [3.8, 4) is 11.5 Å². The molecule has 0 aromatic heterocycles. The van der Waals surface area contributed by atoms with Gasteiger partial charge in [-0.15, -0.1) is 0 Å². The van der Waals surface area contributed by atoms with Crippen LogP contribution < -0.4 is 19.7 Å². The van der Waals surface area contributed by atoms with Crippen molar-refractivity contribution in [2.75, 3.05) is 12.0 Å². The summed E-state index contributed by atoms with van der Waals surface area (Å²) in [6.45, 7) is 4.23. The number of anilines is 1. The first-order valence-corrected chi connectivity index (χ1v) is 11.1. The number of benzene rings is 3. The first-order valence-electron chi connectivity index (χ1n) is 10.7. The number of hydrogen-bond donors (Lipinski definition) is 1. The standard InChI is InChI=1S/C27H24N2O4S/c1-17-8-7-11-22(18(17)2)29-26(31)21(25(30)28-27(29)34)14-20-12-13-23(32-3)24(15-20)33-16-19-9-5-4-6-10-19/h4-15H,16H2,1-3H3,(H,28,30,34)/b21-14+. The van der Waals surface area contributed by atoms with Gasteiger partial charge in [0.15, 0.2) is 16.6 Å². The number of nitrogens with one attached hydrogen (secondary N) is 1. The topological polar surface area (TPSA) is 67.9 Å². The fourth-order valence-corrected chi connectivity index (χ4v) is 3.93. The molecule has 0 bridgehead atoms. The SMILES string of the molecule is COc1ccc(/C=C2\C(=O)NC(=S)N(c3cccc(C)c3C)C2=O)cc1OCc1ccccc1. The number of carbonyl (C=O) groups excluding carboxylic acids is 2. The molecule has 0 aliphatic carbocycles. The highest BCUT2D eigenvalue weighted by molar-refractivity contribution is 7.80. The summed E-state index contributed by atoms with van der Waals surface area (Å²) in [5.41, 5.74) is 4.18. The second kappa shape index (κ2) is 9.89. The predicted octanol–water partition coefficient (Wildman–Crippen LogP) is 4.72. The molecule has 34 heavy (non-hydrogen) atoms. The molecule has 0 unspecified atom stereocenters. The lowest BCUT2D eigenvalue weighted by Gasteiger charge is -2.30. The third kappa shape index (κ3) is 4.70. The maximum absolute atomic E-state index is 13.4. The summed E-state index contributed by atoms with van der Waals surface area (Å²) in [5, 5.41) is 2.69. The second-order valence-electron chi connectivity index (χ2n) is 7.86. The van der Waals surface area contributed by atoms with E-state index in [0.29, 0.717) is 29.4 Å². The van der Waals surface area contributed by atoms with Gasteiger partial charge in [-0.25, -0.2) is 0 Å². The monoisotopic (exact) mass is 472 g/mol. The second-order valence-corrected chi connectivity index (χ2v) is 8.25. The van der Waals surface area contributed by atoms with Crippen LogP contribution in [-0.4, -0.2) is 24.0 Å². The lowest BCUT2D eigenvalue weighted by atomic mass is 10.0. The zero-order valence-electron chi connectivity index (χ0n) is 19.1. The van der Waals surface area contributed by atoms with Crippen molar-refractivity contribution < 1.29 is 19.1 Å². The van der Waals surface area contributed by atoms with Crippen LogP contribution in [0.25, 0.3) is 6.08 Å². The zero-order chi connectivity index (χ0) is 24.2. The summed E-state index contributed by atoms with van der Waals surface area (Å²) in [5.74, 6) is 0.0334. The van der Waals surface area contributed by atoms with Crippen LogP contribution >= 0.6 is 12.2 Å². The predicted molar refractivity (Wildman–Crippen MR) is 136 cm³/mol. The van der Waals surface area contributed by atoms with Crippen LogP contribution in [0.5, 0.6) is 11.5 Å². The van der Waals surface area contributed by atoms with E-state index in [1.165, 1.54) is 11.0 Å². The lowest BCUT2D eigenvalue weighted by Crippen LogP contribution is -2.54. The molecule has 0 atom stereocenters. The van der Waals surface area contributed by atoms with Gasteiger partial charge < -0.3 is 9.47 Å². The minimum Gasteiger partial charge on any atom is -0.493 e. The van der Waals surface area contributed by atoms with Crippen molar-refractivity contribution in [2.24, 2.45) is 0 Å². The van der Waals surface area contributed by atoms with Crippen molar-refractivity contribution in [3.63, 3.8) is 0 Å². The molecule has 1 N–H and O–H groups in total. The summed E-state index contributed by atoms with van der Waals surface area (Å²) in [7, 11) is 1.56. The van der Waals surface area contributed by atoms with Crippen LogP contribution in [-0.2, 0) is 16.2 Å². The van der Waals surface area contributed by atoms with E-state index < -0.39 is 11.8 Å². The van der Waals surface area contributed by atoms with Crippen molar-refractivity contribution in [3.05, 3.63) is 94.6 Å². The number of aryl methyl sites for hydroxylation is 1. The van der Waals surface area contributed by atoms with E-state index in [1.807, 2.05) is 62.4 Å². The molecule has 0 saturated carbocycles. The third-order valence-corrected chi connectivity index (χ3v) is 5.94. The molecule has 1 heterocycles. The van der Waals surface area contributed by atoms with Gasteiger partial charge in [-0.2, -0.15) is 0 Å². The van der Waals surface area contributed by atoms with Crippen LogP contribution in [0.3, 0.4) is 0 Å². The van der Waals surface area contributed by atoms with E-state index in [-0.39, 0.29) is 10.7 Å². The molecule has 7 heteroatoms. The van der Waals surface area contributed by atoms with E-state index in [1.54, 1.807) is 25.3 Å².